The van der Waals surface area contributed by atoms with Gasteiger partial charge in [0.05, 0.1) is 30.5 Å². The summed E-state index contributed by atoms with van der Waals surface area (Å²) in [5.41, 5.74) is 0.940. The Kier molecular flexibility index (Phi) is 7.72. The van der Waals surface area contributed by atoms with Gasteiger partial charge in [-0.25, -0.2) is 5.43 Å². The molecule has 8 nitrogen and oxygen atoms in total. The zero-order valence-corrected chi connectivity index (χ0v) is 16.5. The van der Waals surface area contributed by atoms with Crippen LogP contribution in [0.15, 0.2) is 53.6 Å². The largest absolute Gasteiger partial charge is 0.495 e. The van der Waals surface area contributed by atoms with Crippen molar-refractivity contribution >= 4 is 34.8 Å². The van der Waals surface area contributed by atoms with Crippen LogP contribution in [0.25, 0.3) is 0 Å². The van der Waals surface area contributed by atoms with Gasteiger partial charge in [-0.15, -0.1) is 0 Å². The summed E-state index contributed by atoms with van der Waals surface area (Å²) < 4.78 is 44.0. The minimum absolute atomic E-state index is 0.0698. The topological polar surface area (TPSA) is 109 Å². The molecule has 0 bridgehead atoms. The van der Waals surface area contributed by atoms with E-state index in [0.29, 0.717) is 5.75 Å². The molecule has 3 amide bonds. The molecule has 31 heavy (non-hydrogen) atoms. The van der Waals surface area contributed by atoms with E-state index in [0.717, 1.165) is 12.1 Å². The van der Waals surface area contributed by atoms with Gasteiger partial charge in [0.2, 0.25) is 5.91 Å². The number of nitrogens with one attached hydrogen (secondary N) is 3. The summed E-state index contributed by atoms with van der Waals surface area (Å²) in [5.74, 6) is -2.55. The van der Waals surface area contributed by atoms with Crippen LogP contribution in [-0.4, -0.2) is 30.5 Å². The van der Waals surface area contributed by atoms with Gasteiger partial charge in [-0.1, -0.05) is 24.3 Å². The average molecular weight is 436 g/mol. The summed E-state index contributed by atoms with van der Waals surface area (Å²) in [6.07, 6.45) is -5.03. The number of methoxy groups -OCH3 is 1. The van der Waals surface area contributed by atoms with Crippen molar-refractivity contribution < 1.29 is 32.3 Å². The van der Waals surface area contributed by atoms with E-state index in [2.05, 4.69) is 15.7 Å². The molecule has 0 heterocycles. The Bertz CT molecular complexity index is 1010. The summed E-state index contributed by atoms with van der Waals surface area (Å²) in [5, 5.41) is 8.13. The van der Waals surface area contributed by atoms with Crippen molar-refractivity contribution in [2.45, 2.75) is 19.5 Å². The average Bonchev–Trinajstić information content (AvgIpc) is 2.71. The fraction of sp³-hybridized carbons (Fsp3) is 0.200. The van der Waals surface area contributed by atoms with E-state index in [4.69, 9.17) is 4.74 Å². The molecule has 0 aliphatic heterocycles. The first kappa shape index (κ1) is 23.4. The van der Waals surface area contributed by atoms with Gasteiger partial charge < -0.3 is 15.4 Å². The number of halogens is 3. The molecule has 0 saturated heterocycles. The van der Waals surface area contributed by atoms with Crippen LogP contribution in [-0.2, 0) is 20.6 Å². The number of rotatable bonds is 6. The summed E-state index contributed by atoms with van der Waals surface area (Å²) in [6.45, 7) is 1.37. The van der Waals surface area contributed by atoms with Gasteiger partial charge in [0, 0.05) is 5.71 Å². The lowest BCUT2D eigenvalue weighted by molar-refractivity contribution is -0.137. The fourth-order valence-electron chi connectivity index (χ4n) is 2.43. The van der Waals surface area contributed by atoms with Gasteiger partial charge in [-0.05, 0) is 31.2 Å². The number of hydrogen-bond donors (Lipinski definition) is 3. The van der Waals surface area contributed by atoms with E-state index < -0.39 is 41.6 Å². The Morgan fingerprint density at radius 3 is 2.19 bits per heavy atom. The summed E-state index contributed by atoms with van der Waals surface area (Å²) in [7, 11) is 1.40. The molecule has 164 valence electrons. The van der Waals surface area contributed by atoms with Crippen molar-refractivity contribution in [2.75, 3.05) is 17.7 Å². The Labute approximate surface area is 175 Å². The second kappa shape index (κ2) is 10.2. The summed E-state index contributed by atoms with van der Waals surface area (Å²) in [4.78, 5) is 35.9. The third-order valence-corrected chi connectivity index (χ3v) is 3.83. The highest BCUT2D eigenvalue weighted by molar-refractivity contribution is 6.39. The molecule has 3 N–H and O–H groups in total. The molecule has 2 aromatic rings. The molecule has 0 aliphatic carbocycles. The van der Waals surface area contributed by atoms with Crippen molar-refractivity contribution in [2.24, 2.45) is 5.10 Å². The maximum Gasteiger partial charge on any atom is 0.418 e. The molecular weight excluding hydrogens is 417 g/mol. The third kappa shape index (κ3) is 6.84. The SMILES string of the molecule is COc1ccccc1NC(=O)C(=O)NN=C(C)CC(=O)Nc1ccccc1C(F)(F)F. The standard InChI is InChI=1S/C20H19F3N4O4/c1-12(11-17(28)24-14-8-4-3-7-13(14)20(21,22)23)26-27-19(30)18(29)25-15-9-5-6-10-16(15)31-2/h3-10H,11H2,1-2H3,(H,24,28)(H,25,29)(H,27,30). The first-order chi connectivity index (χ1) is 14.6. The molecular formula is C20H19F3N4O4. The number of hydrazone groups is 1. The zero-order chi connectivity index (χ0) is 23.0. The maximum atomic E-state index is 13.0. The molecule has 0 atom stereocenters. The van der Waals surface area contributed by atoms with Crippen molar-refractivity contribution in [1.29, 1.82) is 0 Å². The van der Waals surface area contributed by atoms with Crippen LogP contribution in [0.3, 0.4) is 0 Å². The molecule has 0 aliphatic rings. The van der Waals surface area contributed by atoms with E-state index in [1.807, 2.05) is 5.43 Å². The molecule has 0 aromatic heterocycles. The number of carbonyl (C=O) groups excluding carboxylic acids is 3. The Hall–Kier alpha value is -3.89. The number of hydrogen-bond acceptors (Lipinski definition) is 5. The summed E-state index contributed by atoms with van der Waals surface area (Å²) in [6, 6.07) is 11.0. The molecule has 0 saturated carbocycles. The highest BCUT2D eigenvalue weighted by atomic mass is 19.4. The Balaban J connectivity index is 1.93. The number of carbonyl (C=O) groups is 3. The van der Waals surface area contributed by atoms with Crippen LogP contribution < -0.4 is 20.8 Å². The highest BCUT2D eigenvalue weighted by Crippen LogP contribution is 2.34. The smallest absolute Gasteiger partial charge is 0.418 e. The molecule has 0 fully saturated rings. The highest BCUT2D eigenvalue weighted by Gasteiger charge is 2.33. The Morgan fingerprint density at radius 1 is 0.935 bits per heavy atom. The number of para-hydroxylation sites is 3. The van der Waals surface area contributed by atoms with Crippen LogP contribution in [0.5, 0.6) is 5.75 Å². The van der Waals surface area contributed by atoms with E-state index >= 15 is 0 Å². The molecule has 2 aromatic carbocycles. The van der Waals surface area contributed by atoms with Gasteiger partial charge in [-0.3, -0.25) is 14.4 Å². The van der Waals surface area contributed by atoms with E-state index in [1.54, 1.807) is 18.2 Å². The van der Waals surface area contributed by atoms with Gasteiger partial charge in [-0.2, -0.15) is 18.3 Å². The normalized spacial score (nSPS) is 11.5. The van der Waals surface area contributed by atoms with Gasteiger partial charge in [0.15, 0.2) is 0 Å². The lowest BCUT2D eigenvalue weighted by Gasteiger charge is -2.13. The van der Waals surface area contributed by atoms with E-state index in [-0.39, 0.29) is 11.4 Å². The minimum atomic E-state index is -4.63. The van der Waals surface area contributed by atoms with Crippen molar-refractivity contribution in [3.05, 3.63) is 54.1 Å². The number of ether oxygens (including phenoxy) is 1. The molecule has 11 heteroatoms. The second-order valence-electron chi connectivity index (χ2n) is 6.21. The lowest BCUT2D eigenvalue weighted by Crippen LogP contribution is -2.33. The number of nitrogens with zero attached hydrogens (tertiary/aromatic N) is 1. The third-order valence-electron chi connectivity index (χ3n) is 3.83. The number of benzene rings is 2. The minimum Gasteiger partial charge on any atom is -0.495 e. The van der Waals surface area contributed by atoms with E-state index in [9.17, 15) is 27.6 Å². The van der Waals surface area contributed by atoms with Crippen LogP contribution in [0.1, 0.15) is 18.9 Å². The molecule has 2 rings (SSSR count). The first-order valence-electron chi connectivity index (χ1n) is 8.85. The van der Waals surface area contributed by atoms with Crippen molar-refractivity contribution in [3.8, 4) is 5.75 Å². The predicted molar refractivity (Wildman–Crippen MR) is 108 cm³/mol. The molecule has 0 spiro atoms. The quantitative estimate of drug-likeness (QED) is 0.367. The maximum absolute atomic E-state index is 13.0. The predicted octanol–water partition coefficient (Wildman–Crippen LogP) is 3.17. The Morgan fingerprint density at radius 2 is 1.55 bits per heavy atom. The van der Waals surface area contributed by atoms with Crippen LogP contribution in [0, 0.1) is 0 Å². The number of amides is 3. The van der Waals surface area contributed by atoms with Crippen molar-refractivity contribution in [1.82, 2.24) is 5.43 Å². The zero-order valence-electron chi connectivity index (χ0n) is 16.5. The van der Waals surface area contributed by atoms with Crippen LogP contribution in [0.4, 0.5) is 24.5 Å². The first-order valence-corrected chi connectivity index (χ1v) is 8.85. The molecule has 0 unspecified atom stereocenters. The van der Waals surface area contributed by atoms with Crippen molar-refractivity contribution in [3.63, 3.8) is 0 Å². The second-order valence-corrected chi connectivity index (χ2v) is 6.21. The van der Waals surface area contributed by atoms with Gasteiger partial charge in [0.25, 0.3) is 0 Å². The number of anilines is 2. The van der Waals surface area contributed by atoms with E-state index in [1.165, 1.54) is 32.2 Å². The lowest BCUT2D eigenvalue weighted by atomic mass is 10.1. The van der Waals surface area contributed by atoms with Crippen LogP contribution in [0.2, 0.25) is 0 Å². The monoisotopic (exact) mass is 436 g/mol. The molecule has 0 radical (unpaired) electrons. The number of alkyl halides is 3. The van der Waals surface area contributed by atoms with Gasteiger partial charge >= 0.3 is 18.0 Å². The van der Waals surface area contributed by atoms with Crippen LogP contribution >= 0.6 is 0 Å². The van der Waals surface area contributed by atoms with Gasteiger partial charge in [0.1, 0.15) is 5.75 Å². The summed E-state index contributed by atoms with van der Waals surface area (Å²) >= 11 is 0. The fourth-order valence-corrected chi connectivity index (χ4v) is 2.43.